The molecular weight excluding hydrogens is 248 g/mol. The number of carbonyl (C=O) groups excluding carboxylic acids is 1. The van der Waals surface area contributed by atoms with Crippen LogP contribution in [0.5, 0.6) is 0 Å². The zero-order valence-electron chi connectivity index (χ0n) is 13.6. The molecule has 2 saturated carbocycles. The van der Waals surface area contributed by atoms with Crippen molar-refractivity contribution in [2.24, 2.45) is 17.3 Å². The maximum atomic E-state index is 12.1. The van der Waals surface area contributed by atoms with Gasteiger partial charge in [0, 0.05) is 12.3 Å². The standard InChI is InChI=1S/C18H32O2/c1-17(2,20)12-6-4-5-8-14-10-11-16(19)15-9-7-13-18(14,15)3/h14-15,20H,4-13H2,1-3H3/t14-,15+,18+/m1/s1. The van der Waals surface area contributed by atoms with E-state index in [9.17, 15) is 9.90 Å². The van der Waals surface area contributed by atoms with Crippen LogP contribution in [-0.4, -0.2) is 16.5 Å². The Morgan fingerprint density at radius 3 is 2.70 bits per heavy atom. The summed E-state index contributed by atoms with van der Waals surface area (Å²) in [5.74, 6) is 1.68. The first kappa shape index (κ1) is 16.0. The van der Waals surface area contributed by atoms with Crippen molar-refractivity contribution in [3.05, 3.63) is 0 Å². The molecule has 2 fully saturated rings. The Labute approximate surface area is 124 Å². The van der Waals surface area contributed by atoms with Gasteiger partial charge in [0.05, 0.1) is 5.60 Å². The van der Waals surface area contributed by atoms with E-state index >= 15 is 0 Å². The minimum Gasteiger partial charge on any atom is -0.390 e. The summed E-state index contributed by atoms with van der Waals surface area (Å²) in [5, 5.41) is 9.72. The number of fused-ring (bicyclic) bond motifs is 1. The number of hydrogen-bond acceptors (Lipinski definition) is 2. The molecule has 2 aliphatic rings. The van der Waals surface area contributed by atoms with E-state index in [2.05, 4.69) is 6.92 Å². The number of aliphatic hydroxyl groups is 1. The molecule has 0 aliphatic heterocycles. The second-order valence-corrected chi connectivity index (χ2v) is 8.06. The van der Waals surface area contributed by atoms with E-state index in [0.29, 0.717) is 17.1 Å². The molecule has 0 radical (unpaired) electrons. The molecule has 0 spiro atoms. The normalized spacial score (nSPS) is 34.3. The van der Waals surface area contributed by atoms with Crippen molar-refractivity contribution in [1.82, 2.24) is 0 Å². The summed E-state index contributed by atoms with van der Waals surface area (Å²) in [6, 6.07) is 0. The minimum absolute atomic E-state index is 0.311. The average Bonchev–Trinajstić information content (AvgIpc) is 2.74. The molecule has 0 amide bonds. The van der Waals surface area contributed by atoms with Gasteiger partial charge in [-0.15, -0.1) is 0 Å². The van der Waals surface area contributed by atoms with Crippen molar-refractivity contribution in [2.75, 3.05) is 0 Å². The Kier molecular flexibility index (Phi) is 4.94. The van der Waals surface area contributed by atoms with E-state index in [1.165, 1.54) is 32.1 Å². The Morgan fingerprint density at radius 1 is 1.25 bits per heavy atom. The minimum atomic E-state index is -0.514. The first-order valence-corrected chi connectivity index (χ1v) is 8.58. The lowest BCUT2D eigenvalue weighted by Gasteiger charge is -2.43. The monoisotopic (exact) mass is 280 g/mol. The molecule has 2 rings (SSSR count). The third-order valence-corrected chi connectivity index (χ3v) is 5.91. The van der Waals surface area contributed by atoms with Crippen LogP contribution in [0.2, 0.25) is 0 Å². The lowest BCUT2D eigenvalue weighted by atomic mass is 9.61. The third-order valence-electron chi connectivity index (χ3n) is 5.91. The van der Waals surface area contributed by atoms with E-state index in [1.807, 2.05) is 13.8 Å². The summed E-state index contributed by atoms with van der Waals surface area (Å²) in [6.45, 7) is 6.16. The van der Waals surface area contributed by atoms with Crippen LogP contribution in [0.15, 0.2) is 0 Å². The van der Waals surface area contributed by atoms with Crippen molar-refractivity contribution in [3.63, 3.8) is 0 Å². The maximum absolute atomic E-state index is 12.1. The van der Waals surface area contributed by atoms with Crippen LogP contribution < -0.4 is 0 Å². The molecule has 20 heavy (non-hydrogen) atoms. The van der Waals surface area contributed by atoms with Crippen LogP contribution in [0.3, 0.4) is 0 Å². The van der Waals surface area contributed by atoms with E-state index in [-0.39, 0.29) is 0 Å². The van der Waals surface area contributed by atoms with Gasteiger partial charge in [-0.05, 0) is 57.3 Å². The van der Waals surface area contributed by atoms with Crippen LogP contribution in [0.25, 0.3) is 0 Å². The van der Waals surface area contributed by atoms with Gasteiger partial charge in [0.25, 0.3) is 0 Å². The molecule has 2 heteroatoms. The summed E-state index contributed by atoms with van der Waals surface area (Å²) in [5.41, 5.74) is -0.203. The first-order valence-electron chi connectivity index (χ1n) is 8.58. The summed E-state index contributed by atoms with van der Waals surface area (Å²) < 4.78 is 0. The largest absolute Gasteiger partial charge is 0.390 e. The lowest BCUT2D eigenvalue weighted by Crippen LogP contribution is -2.40. The second kappa shape index (κ2) is 6.17. The molecule has 0 bridgehead atoms. The molecule has 3 atom stereocenters. The van der Waals surface area contributed by atoms with E-state index in [4.69, 9.17) is 0 Å². The highest BCUT2D eigenvalue weighted by Gasteiger charge is 2.49. The third kappa shape index (κ3) is 3.63. The van der Waals surface area contributed by atoms with Gasteiger partial charge >= 0.3 is 0 Å². The van der Waals surface area contributed by atoms with Crippen molar-refractivity contribution < 1.29 is 9.90 Å². The predicted octanol–water partition coefficient (Wildman–Crippen LogP) is 4.49. The van der Waals surface area contributed by atoms with Gasteiger partial charge in [0.1, 0.15) is 5.78 Å². The number of unbranched alkanes of at least 4 members (excludes halogenated alkanes) is 2. The SMILES string of the molecule is CC(C)(O)CCCCC[C@@H]1CCC(=O)[C@@H]2CCC[C@@]12C. The van der Waals surface area contributed by atoms with Gasteiger partial charge in [-0.1, -0.05) is 32.6 Å². The Hall–Kier alpha value is -0.370. The molecule has 2 aliphatic carbocycles. The zero-order chi connectivity index (χ0) is 14.8. The number of Topliss-reactive ketones (excluding diaryl/α,β-unsaturated/α-hetero) is 1. The summed E-state index contributed by atoms with van der Waals surface area (Å²) in [4.78, 5) is 12.1. The van der Waals surface area contributed by atoms with Gasteiger partial charge in [-0.2, -0.15) is 0 Å². The molecule has 0 aromatic rings. The number of carbonyl (C=O) groups is 1. The van der Waals surface area contributed by atoms with E-state index in [1.54, 1.807) is 0 Å². The van der Waals surface area contributed by atoms with Crippen LogP contribution >= 0.6 is 0 Å². The average molecular weight is 280 g/mol. The van der Waals surface area contributed by atoms with Crippen LogP contribution in [0.4, 0.5) is 0 Å². The first-order chi connectivity index (χ1) is 9.33. The number of hydrogen-bond donors (Lipinski definition) is 1. The van der Waals surface area contributed by atoms with E-state index < -0.39 is 5.60 Å². The molecule has 2 nitrogen and oxygen atoms in total. The van der Waals surface area contributed by atoms with Crippen molar-refractivity contribution in [2.45, 2.75) is 90.6 Å². The number of rotatable bonds is 6. The molecule has 0 saturated heterocycles. The Balaban J connectivity index is 1.77. The van der Waals surface area contributed by atoms with Gasteiger partial charge in [0.2, 0.25) is 0 Å². The fourth-order valence-electron chi connectivity index (χ4n) is 4.63. The highest BCUT2D eigenvalue weighted by molar-refractivity contribution is 5.83. The molecule has 116 valence electrons. The molecule has 0 unspecified atom stereocenters. The fraction of sp³-hybridized carbons (Fsp3) is 0.944. The molecule has 0 aromatic heterocycles. The predicted molar refractivity (Wildman–Crippen MR) is 82.6 cm³/mol. The fourth-order valence-corrected chi connectivity index (χ4v) is 4.63. The molecule has 1 N–H and O–H groups in total. The van der Waals surface area contributed by atoms with Gasteiger partial charge < -0.3 is 5.11 Å². The highest BCUT2D eigenvalue weighted by atomic mass is 16.3. The molecular formula is C18H32O2. The van der Waals surface area contributed by atoms with E-state index in [0.717, 1.165) is 38.0 Å². The number of ketones is 1. The van der Waals surface area contributed by atoms with Crippen molar-refractivity contribution in [3.8, 4) is 0 Å². The topological polar surface area (TPSA) is 37.3 Å². The Morgan fingerprint density at radius 2 is 2.00 bits per heavy atom. The van der Waals surface area contributed by atoms with Crippen LogP contribution in [0.1, 0.15) is 85.0 Å². The van der Waals surface area contributed by atoms with Gasteiger partial charge in [-0.3, -0.25) is 4.79 Å². The smallest absolute Gasteiger partial charge is 0.136 e. The van der Waals surface area contributed by atoms with Gasteiger partial charge in [-0.25, -0.2) is 0 Å². The molecule has 0 aromatic carbocycles. The second-order valence-electron chi connectivity index (χ2n) is 8.06. The summed E-state index contributed by atoms with van der Waals surface area (Å²) >= 11 is 0. The Bertz CT molecular complexity index is 342. The molecule has 0 heterocycles. The van der Waals surface area contributed by atoms with Crippen LogP contribution in [0, 0.1) is 17.3 Å². The van der Waals surface area contributed by atoms with Gasteiger partial charge in [0.15, 0.2) is 0 Å². The van der Waals surface area contributed by atoms with Crippen LogP contribution in [-0.2, 0) is 4.79 Å². The van der Waals surface area contributed by atoms with Crippen molar-refractivity contribution >= 4 is 5.78 Å². The maximum Gasteiger partial charge on any atom is 0.136 e. The quantitative estimate of drug-likeness (QED) is 0.728. The zero-order valence-corrected chi connectivity index (χ0v) is 13.6. The lowest BCUT2D eigenvalue weighted by molar-refractivity contribution is -0.131. The van der Waals surface area contributed by atoms with Crippen molar-refractivity contribution in [1.29, 1.82) is 0 Å². The summed E-state index contributed by atoms with van der Waals surface area (Å²) in [6.07, 6.45) is 11.4. The highest BCUT2D eigenvalue weighted by Crippen LogP contribution is 2.55. The summed E-state index contributed by atoms with van der Waals surface area (Å²) in [7, 11) is 0.